The minimum absolute atomic E-state index is 0.0862. The molecule has 0 unspecified atom stereocenters. The summed E-state index contributed by atoms with van der Waals surface area (Å²) in [7, 11) is 0. The van der Waals surface area contributed by atoms with Crippen LogP contribution in [0, 0.1) is 0 Å². The molecule has 0 saturated carbocycles. The first-order chi connectivity index (χ1) is 21.3. The van der Waals surface area contributed by atoms with Gasteiger partial charge in [-0.1, -0.05) is 78.9 Å². The van der Waals surface area contributed by atoms with Crippen molar-refractivity contribution in [3.8, 4) is 22.5 Å². The van der Waals surface area contributed by atoms with Crippen LogP contribution in [0.2, 0.25) is 0 Å². The van der Waals surface area contributed by atoms with E-state index in [0.29, 0.717) is 11.2 Å². The SMILES string of the molecule is O=c1c2ccc(-c3ccc4c(c3)c3ccccc3n4-c3ccccc3)cc2n2c3ccccc3nc2n1-c1ccccc1. The number of imidazole rings is 1. The second-order valence-corrected chi connectivity index (χ2v) is 10.9. The summed E-state index contributed by atoms with van der Waals surface area (Å²) in [5.74, 6) is 0.600. The Hall–Kier alpha value is -5.94. The average Bonchev–Trinajstić information content (AvgIpc) is 3.61. The van der Waals surface area contributed by atoms with Crippen molar-refractivity contribution in [2.75, 3.05) is 0 Å². The van der Waals surface area contributed by atoms with E-state index >= 15 is 0 Å². The van der Waals surface area contributed by atoms with Gasteiger partial charge in [-0.2, -0.15) is 0 Å². The summed E-state index contributed by atoms with van der Waals surface area (Å²) in [5.41, 5.74) is 8.96. The van der Waals surface area contributed by atoms with E-state index in [1.807, 2.05) is 60.7 Å². The van der Waals surface area contributed by atoms with Crippen LogP contribution < -0.4 is 5.56 Å². The van der Waals surface area contributed by atoms with Crippen molar-refractivity contribution < 1.29 is 0 Å². The van der Waals surface area contributed by atoms with Gasteiger partial charge in [-0.3, -0.25) is 9.20 Å². The predicted octanol–water partition coefficient (Wildman–Crippen LogP) is 8.56. The number of nitrogens with zero attached hydrogens (tertiary/aromatic N) is 4. The van der Waals surface area contributed by atoms with Crippen LogP contribution in [0.15, 0.2) is 150 Å². The van der Waals surface area contributed by atoms with Crippen LogP contribution in [0.25, 0.3) is 72.0 Å². The predicted molar refractivity (Wildman–Crippen MR) is 176 cm³/mol. The maximum absolute atomic E-state index is 14.0. The van der Waals surface area contributed by atoms with Gasteiger partial charge in [0.2, 0.25) is 5.78 Å². The fourth-order valence-corrected chi connectivity index (χ4v) is 6.51. The van der Waals surface area contributed by atoms with Crippen LogP contribution in [0.4, 0.5) is 0 Å². The van der Waals surface area contributed by atoms with Gasteiger partial charge in [-0.15, -0.1) is 0 Å². The number of hydrogen-bond donors (Lipinski definition) is 0. The van der Waals surface area contributed by atoms with Gasteiger partial charge in [0.05, 0.1) is 38.7 Å². The van der Waals surface area contributed by atoms with Gasteiger partial charge in [0.25, 0.3) is 5.56 Å². The van der Waals surface area contributed by atoms with Crippen molar-refractivity contribution in [2.45, 2.75) is 0 Å². The van der Waals surface area contributed by atoms with Gasteiger partial charge < -0.3 is 4.57 Å². The van der Waals surface area contributed by atoms with E-state index in [1.165, 1.54) is 16.3 Å². The fraction of sp³-hybridized carbons (Fsp3) is 0. The highest BCUT2D eigenvalue weighted by atomic mass is 16.1. The smallest absolute Gasteiger partial charge is 0.267 e. The molecule has 5 nitrogen and oxygen atoms in total. The Morgan fingerprint density at radius 1 is 0.442 bits per heavy atom. The summed E-state index contributed by atoms with van der Waals surface area (Å²) in [5, 5.41) is 3.04. The zero-order chi connectivity index (χ0) is 28.5. The van der Waals surface area contributed by atoms with Crippen LogP contribution in [0.3, 0.4) is 0 Å². The second kappa shape index (κ2) is 9.03. The first-order valence-corrected chi connectivity index (χ1v) is 14.4. The van der Waals surface area contributed by atoms with Crippen LogP contribution in [0.5, 0.6) is 0 Å². The van der Waals surface area contributed by atoms with Crippen molar-refractivity contribution in [3.05, 3.63) is 156 Å². The fourth-order valence-electron chi connectivity index (χ4n) is 6.51. The Morgan fingerprint density at radius 2 is 1.05 bits per heavy atom. The molecular formula is C38H24N4O. The number of hydrogen-bond acceptors (Lipinski definition) is 2. The molecule has 0 spiro atoms. The van der Waals surface area contributed by atoms with Gasteiger partial charge in [0, 0.05) is 16.5 Å². The van der Waals surface area contributed by atoms with Crippen molar-refractivity contribution in [1.82, 2.24) is 18.5 Å². The topological polar surface area (TPSA) is 44.2 Å². The van der Waals surface area contributed by atoms with E-state index in [4.69, 9.17) is 4.98 Å². The first kappa shape index (κ1) is 23.7. The zero-order valence-corrected chi connectivity index (χ0v) is 23.1. The summed E-state index contributed by atoms with van der Waals surface area (Å²) in [6.07, 6.45) is 0. The molecule has 9 aromatic rings. The molecule has 5 heteroatoms. The maximum atomic E-state index is 14.0. The van der Waals surface area contributed by atoms with Gasteiger partial charge >= 0.3 is 0 Å². The molecule has 6 aromatic carbocycles. The molecule has 0 atom stereocenters. The van der Waals surface area contributed by atoms with Gasteiger partial charge in [-0.25, -0.2) is 9.55 Å². The number of benzene rings is 6. The molecule has 43 heavy (non-hydrogen) atoms. The molecular weight excluding hydrogens is 528 g/mol. The monoisotopic (exact) mass is 552 g/mol. The van der Waals surface area contributed by atoms with Gasteiger partial charge in [-0.05, 0) is 77.9 Å². The Balaban J connectivity index is 1.33. The van der Waals surface area contributed by atoms with Crippen LogP contribution in [0.1, 0.15) is 0 Å². The summed E-state index contributed by atoms with van der Waals surface area (Å²) in [4.78, 5) is 19.0. The zero-order valence-electron chi connectivity index (χ0n) is 23.1. The van der Waals surface area contributed by atoms with Crippen molar-refractivity contribution >= 4 is 49.5 Å². The molecule has 9 rings (SSSR count). The van der Waals surface area contributed by atoms with Crippen molar-refractivity contribution in [1.29, 1.82) is 0 Å². The molecule has 0 aliphatic heterocycles. The van der Waals surface area contributed by atoms with E-state index in [0.717, 1.165) is 44.6 Å². The Labute approximate surface area is 246 Å². The summed E-state index contributed by atoms with van der Waals surface area (Å²) in [6, 6.07) is 49.6. The third kappa shape index (κ3) is 3.45. The molecule has 0 amide bonds. The molecule has 3 heterocycles. The van der Waals surface area contributed by atoms with Crippen molar-refractivity contribution in [2.24, 2.45) is 0 Å². The van der Waals surface area contributed by atoms with E-state index in [9.17, 15) is 4.79 Å². The Kier molecular flexibility index (Phi) is 4.98. The normalized spacial score (nSPS) is 11.8. The third-order valence-corrected chi connectivity index (χ3v) is 8.45. The number of para-hydroxylation sites is 5. The maximum Gasteiger partial charge on any atom is 0.267 e. The summed E-state index contributed by atoms with van der Waals surface area (Å²) < 4.78 is 6.15. The lowest BCUT2D eigenvalue weighted by Crippen LogP contribution is -2.21. The molecule has 0 radical (unpaired) electrons. The van der Waals surface area contributed by atoms with Crippen LogP contribution >= 0.6 is 0 Å². The highest BCUT2D eigenvalue weighted by Crippen LogP contribution is 2.35. The van der Waals surface area contributed by atoms with Crippen LogP contribution in [-0.4, -0.2) is 18.5 Å². The third-order valence-electron chi connectivity index (χ3n) is 8.45. The minimum atomic E-state index is -0.0862. The number of rotatable bonds is 3. The second-order valence-electron chi connectivity index (χ2n) is 10.9. The van der Waals surface area contributed by atoms with E-state index in [-0.39, 0.29) is 5.56 Å². The molecule has 0 saturated heterocycles. The minimum Gasteiger partial charge on any atom is -0.309 e. The van der Waals surface area contributed by atoms with Gasteiger partial charge in [0.1, 0.15) is 0 Å². The highest BCUT2D eigenvalue weighted by Gasteiger charge is 2.18. The van der Waals surface area contributed by atoms with E-state index in [1.54, 1.807) is 4.57 Å². The Bertz CT molecular complexity index is 2570. The van der Waals surface area contributed by atoms with Crippen LogP contribution in [-0.2, 0) is 0 Å². The lowest BCUT2D eigenvalue weighted by atomic mass is 10.0. The average molecular weight is 553 g/mol. The highest BCUT2D eigenvalue weighted by molar-refractivity contribution is 6.10. The standard InChI is InChI=1S/C38H24N4O/c43-37-30-21-19-26(24-36(30)42-35-18-10-8-16-32(35)39-38(42)41(37)28-13-5-2-6-14-28)25-20-22-34-31(23-25)29-15-7-9-17-33(29)40(34)27-11-3-1-4-12-27/h1-24H. The number of aromatic nitrogens is 4. The largest absolute Gasteiger partial charge is 0.309 e. The number of fused-ring (bicyclic) bond motifs is 8. The molecule has 0 fully saturated rings. The molecule has 3 aromatic heterocycles. The molecule has 0 aliphatic rings. The summed E-state index contributed by atoms with van der Waals surface area (Å²) >= 11 is 0. The van der Waals surface area contributed by atoms with Gasteiger partial charge in [0.15, 0.2) is 0 Å². The Morgan fingerprint density at radius 3 is 1.84 bits per heavy atom. The molecule has 0 N–H and O–H groups in total. The first-order valence-electron chi connectivity index (χ1n) is 14.4. The quantitative estimate of drug-likeness (QED) is 0.220. The van der Waals surface area contributed by atoms with Crippen molar-refractivity contribution in [3.63, 3.8) is 0 Å². The lowest BCUT2D eigenvalue weighted by molar-refractivity contribution is 0.983. The van der Waals surface area contributed by atoms with E-state index < -0.39 is 0 Å². The summed E-state index contributed by atoms with van der Waals surface area (Å²) in [6.45, 7) is 0. The molecule has 202 valence electrons. The van der Waals surface area contributed by atoms with E-state index in [2.05, 4.69) is 93.9 Å². The molecule has 0 bridgehead atoms. The molecule has 0 aliphatic carbocycles. The lowest BCUT2D eigenvalue weighted by Gasteiger charge is -2.13.